The first-order valence-corrected chi connectivity index (χ1v) is 12.6. The molecule has 0 spiro atoms. The van der Waals surface area contributed by atoms with Crippen molar-refractivity contribution < 1.29 is 15.0 Å². The van der Waals surface area contributed by atoms with Crippen LogP contribution < -0.4 is 0 Å². The summed E-state index contributed by atoms with van der Waals surface area (Å²) in [6, 6.07) is 0. The van der Waals surface area contributed by atoms with Gasteiger partial charge in [0.25, 0.3) is 0 Å². The molecule has 0 aromatic rings. The van der Waals surface area contributed by atoms with Crippen LogP contribution in [0.5, 0.6) is 0 Å². The van der Waals surface area contributed by atoms with E-state index in [1.807, 2.05) is 0 Å². The molecule has 4 fully saturated rings. The summed E-state index contributed by atoms with van der Waals surface area (Å²) in [5.74, 6) is 2.34. The third-order valence-corrected chi connectivity index (χ3v) is 11.2. The minimum Gasteiger partial charge on any atom is -0.393 e. The molecule has 4 saturated carbocycles. The lowest BCUT2D eigenvalue weighted by Gasteiger charge is -2.62. The molecule has 3 nitrogen and oxygen atoms in total. The van der Waals surface area contributed by atoms with Gasteiger partial charge in [-0.15, -0.1) is 0 Å². The lowest BCUT2D eigenvalue weighted by atomic mass is 9.43. The number of Topliss-reactive ketones (excluding diaryl/α,β-unsaturated/α-hetero) is 1. The smallest absolute Gasteiger partial charge is 0.150 e. The number of aliphatic hydroxyl groups is 2. The van der Waals surface area contributed by atoms with Gasteiger partial charge in [0.2, 0.25) is 0 Å². The van der Waals surface area contributed by atoms with Crippen molar-refractivity contribution >= 4 is 21.7 Å². The Hall–Kier alpha value is 0.0700. The molecule has 2 N–H and O–H groups in total. The third kappa shape index (κ3) is 2.83. The number of halogens is 1. The lowest BCUT2D eigenvalue weighted by Crippen LogP contribution is -2.64. The summed E-state index contributed by atoms with van der Waals surface area (Å²) in [6.45, 7) is 9.26. The van der Waals surface area contributed by atoms with Gasteiger partial charge in [0.1, 0.15) is 5.78 Å². The van der Waals surface area contributed by atoms with Crippen LogP contribution in [-0.4, -0.2) is 33.0 Å². The number of hydrogen-bond acceptors (Lipinski definition) is 3. The number of ketones is 1. The Bertz CT molecular complexity index is 623. The van der Waals surface area contributed by atoms with Crippen LogP contribution in [0.4, 0.5) is 0 Å². The molecule has 0 aliphatic heterocycles. The molecule has 4 aliphatic rings. The van der Waals surface area contributed by atoms with E-state index >= 15 is 0 Å². The van der Waals surface area contributed by atoms with Crippen molar-refractivity contribution in [1.29, 1.82) is 0 Å². The molecule has 11 atom stereocenters. The van der Waals surface area contributed by atoms with E-state index in [1.54, 1.807) is 0 Å². The number of alkyl halides is 1. The third-order valence-electron chi connectivity index (χ3n) is 10.1. The minimum absolute atomic E-state index is 0.0431. The first-order valence-electron chi connectivity index (χ1n) is 11.7. The van der Waals surface area contributed by atoms with Gasteiger partial charge in [-0.2, -0.15) is 0 Å². The maximum atomic E-state index is 13.6. The quantitative estimate of drug-likeness (QED) is 0.591. The highest BCUT2D eigenvalue weighted by atomic mass is 79.9. The van der Waals surface area contributed by atoms with Crippen molar-refractivity contribution in [2.24, 2.45) is 46.3 Å². The predicted molar refractivity (Wildman–Crippen MR) is 115 cm³/mol. The van der Waals surface area contributed by atoms with Crippen LogP contribution in [0.1, 0.15) is 79.1 Å². The Morgan fingerprint density at radius 2 is 1.82 bits per heavy atom. The fraction of sp³-hybridized carbons (Fsp3) is 0.958. The zero-order chi connectivity index (χ0) is 20.4. The zero-order valence-corrected chi connectivity index (χ0v) is 19.6. The molecule has 0 radical (unpaired) electrons. The number of fused-ring (bicyclic) bond motifs is 5. The Morgan fingerprint density at radius 3 is 2.50 bits per heavy atom. The average molecular weight is 455 g/mol. The standard InChI is InChI=1S/C24H39BrO3/c1-5-6-13(2)15-7-8-16-20-17(12-19(27)24(15,16)4)23(3)10-9-14(26)11-18(23)21(25)22(20)28/h13-21,26-27H,5-12H2,1-4H3/t13-,14-,15-,16+,17+,18+,19+,20+,21-,23-,24-/m1/s1. The Morgan fingerprint density at radius 1 is 1.11 bits per heavy atom. The summed E-state index contributed by atoms with van der Waals surface area (Å²) in [5, 5.41) is 21.8. The van der Waals surface area contributed by atoms with Gasteiger partial charge in [0.05, 0.1) is 17.0 Å². The van der Waals surface area contributed by atoms with Gasteiger partial charge in [0.15, 0.2) is 0 Å². The first kappa shape index (κ1) is 21.3. The van der Waals surface area contributed by atoms with Crippen molar-refractivity contribution in [3.63, 3.8) is 0 Å². The summed E-state index contributed by atoms with van der Waals surface area (Å²) in [6.07, 6.45) is 7.33. The number of aliphatic hydroxyl groups excluding tert-OH is 2. The van der Waals surface area contributed by atoms with E-state index in [4.69, 9.17) is 0 Å². The SMILES string of the molecule is CCC[C@@H](C)[C@H]1CC[C@H]2[C@@H]3C(=O)[C@H](Br)[C@@H]4C[C@H](O)CC[C@]4(C)[C@H]3C[C@H](O)[C@]12C. The van der Waals surface area contributed by atoms with Crippen LogP contribution in [0.3, 0.4) is 0 Å². The molecule has 160 valence electrons. The maximum absolute atomic E-state index is 13.6. The molecule has 0 saturated heterocycles. The van der Waals surface area contributed by atoms with Crippen molar-refractivity contribution in [2.75, 3.05) is 0 Å². The van der Waals surface area contributed by atoms with Gasteiger partial charge in [-0.1, -0.05) is 56.5 Å². The largest absolute Gasteiger partial charge is 0.393 e. The molecule has 4 aliphatic carbocycles. The number of hydrogen-bond donors (Lipinski definition) is 2. The van der Waals surface area contributed by atoms with E-state index in [2.05, 4.69) is 43.6 Å². The van der Waals surface area contributed by atoms with E-state index < -0.39 is 0 Å². The van der Waals surface area contributed by atoms with Crippen molar-refractivity contribution in [2.45, 2.75) is 96.1 Å². The Kier molecular flexibility index (Phi) is 5.58. The summed E-state index contributed by atoms with van der Waals surface area (Å²) >= 11 is 3.80. The summed E-state index contributed by atoms with van der Waals surface area (Å²) < 4.78 is 0. The topological polar surface area (TPSA) is 57.5 Å². The van der Waals surface area contributed by atoms with Crippen LogP contribution >= 0.6 is 15.9 Å². The molecule has 4 heteroatoms. The van der Waals surface area contributed by atoms with E-state index in [-0.39, 0.29) is 45.6 Å². The average Bonchev–Trinajstić information content (AvgIpc) is 3.01. The fourth-order valence-corrected chi connectivity index (χ4v) is 9.63. The summed E-state index contributed by atoms with van der Waals surface area (Å²) in [5.41, 5.74) is -0.0864. The Balaban J connectivity index is 1.70. The molecule has 0 heterocycles. The molecular formula is C24H39BrO3. The van der Waals surface area contributed by atoms with Gasteiger partial charge >= 0.3 is 0 Å². The van der Waals surface area contributed by atoms with Crippen molar-refractivity contribution in [3.05, 3.63) is 0 Å². The van der Waals surface area contributed by atoms with Crippen LogP contribution in [0.2, 0.25) is 0 Å². The minimum atomic E-state index is -0.311. The monoisotopic (exact) mass is 454 g/mol. The normalized spacial score (nSPS) is 54.6. The molecule has 0 aromatic carbocycles. The highest BCUT2D eigenvalue weighted by Crippen LogP contribution is 2.68. The lowest BCUT2D eigenvalue weighted by molar-refractivity contribution is -0.180. The highest BCUT2D eigenvalue weighted by molar-refractivity contribution is 9.10. The fourth-order valence-electron chi connectivity index (χ4n) is 8.51. The van der Waals surface area contributed by atoms with E-state index in [1.165, 1.54) is 12.8 Å². The van der Waals surface area contributed by atoms with Gasteiger partial charge in [0, 0.05) is 11.3 Å². The number of rotatable bonds is 3. The second-order valence-electron chi connectivity index (χ2n) is 11.2. The first-order chi connectivity index (χ1) is 13.2. The molecule has 0 amide bonds. The highest BCUT2D eigenvalue weighted by Gasteiger charge is 2.67. The number of carbonyl (C=O) groups excluding carboxylic acids is 1. The summed E-state index contributed by atoms with van der Waals surface area (Å²) in [4.78, 5) is 13.5. The number of carbonyl (C=O) groups is 1. The second kappa shape index (κ2) is 7.34. The maximum Gasteiger partial charge on any atom is 0.150 e. The van der Waals surface area contributed by atoms with E-state index in [0.29, 0.717) is 23.5 Å². The van der Waals surface area contributed by atoms with Gasteiger partial charge in [-0.25, -0.2) is 0 Å². The Labute approximate surface area is 179 Å². The molecule has 28 heavy (non-hydrogen) atoms. The molecule has 0 unspecified atom stereocenters. The van der Waals surface area contributed by atoms with Gasteiger partial charge < -0.3 is 10.2 Å². The van der Waals surface area contributed by atoms with E-state index in [0.717, 1.165) is 38.5 Å². The van der Waals surface area contributed by atoms with Gasteiger partial charge in [-0.3, -0.25) is 4.79 Å². The van der Waals surface area contributed by atoms with E-state index in [9.17, 15) is 15.0 Å². The molecule has 4 rings (SSSR count). The van der Waals surface area contributed by atoms with Crippen LogP contribution in [0, 0.1) is 46.3 Å². The predicted octanol–water partition coefficient (Wildman–Crippen LogP) is 4.97. The van der Waals surface area contributed by atoms with Gasteiger partial charge in [-0.05, 0) is 73.5 Å². The van der Waals surface area contributed by atoms with Crippen LogP contribution in [0.15, 0.2) is 0 Å². The molecule has 0 bridgehead atoms. The van der Waals surface area contributed by atoms with Crippen molar-refractivity contribution in [1.82, 2.24) is 0 Å². The molecular weight excluding hydrogens is 416 g/mol. The van der Waals surface area contributed by atoms with Crippen molar-refractivity contribution in [3.8, 4) is 0 Å². The van der Waals surface area contributed by atoms with Crippen LogP contribution in [0.25, 0.3) is 0 Å². The second-order valence-corrected chi connectivity index (χ2v) is 12.1. The zero-order valence-electron chi connectivity index (χ0n) is 18.0. The summed E-state index contributed by atoms with van der Waals surface area (Å²) in [7, 11) is 0. The van der Waals surface area contributed by atoms with Crippen LogP contribution in [-0.2, 0) is 4.79 Å². The molecule has 0 aromatic heterocycles.